The van der Waals surface area contributed by atoms with E-state index in [4.69, 9.17) is 20.4 Å². The summed E-state index contributed by atoms with van der Waals surface area (Å²) in [6.07, 6.45) is -0.971. The molecule has 3 rings (SSSR count). The van der Waals surface area contributed by atoms with Crippen LogP contribution >= 0.6 is 0 Å². The summed E-state index contributed by atoms with van der Waals surface area (Å²) in [7, 11) is 0. The number of aliphatic hydroxyl groups excluding tert-OH is 3. The van der Waals surface area contributed by atoms with Crippen molar-refractivity contribution >= 4 is 11.9 Å². The van der Waals surface area contributed by atoms with E-state index in [1.165, 1.54) is 12.8 Å². The molecule has 5 N–H and O–H groups in total. The third-order valence-corrected chi connectivity index (χ3v) is 3.42. The number of carboxylic acids is 2. The molecule has 8 heteroatoms. The number of hydrogen-bond donors (Lipinski definition) is 5. The molecule has 0 amide bonds. The van der Waals surface area contributed by atoms with Crippen molar-refractivity contribution in [3.05, 3.63) is 0 Å². The van der Waals surface area contributed by atoms with E-state index in [2.05, 4.69) is 4.90 Å². The molecule has 8 nitrogen and oxygen atoms in total. The molecule has 3 atom stereocenters. The van der Waals surface area contributed by atoms with Crippen LogP contribution in [0.2, 0.25) is 0 Å². The molecular weight excluding hydrogens is 258 g/mol. The molecule has 0 aliphatic carbocycles. The number of fused-ring (bicyclic) bond motifs is 3. The van der Waals surface area contributed by atoms with E-state index >= 15 is 0 Å². The van der Waals surface area contributed by atoms with Gasteiger partial charge in [0.15, 0.2) is 12.2 Å². The van der Waals surface area contributed by atoms with E-state index < -0.39 is 24.1 Å². The molecule has 0 aromatic carbocycles. The lowest BCUT2D eigenvalue weighted by Crippen LogP contribution is -2.48. The summed E-state index contributed by atoms with van der Waals surface area (Å²) in [5.74, 6) is -2.70. The van der Waals surface area contributed by atoms with Gasteiger partial charge in [-0.25, -0.2) is 9.59 Å². The maximum Gasteiger partial charge on any atom is 0.335 e. The highest BCUT2D eigenvalue weighted by Gasteiger charge is 2.31. The Balaban J connectivity index is 0.000000190. The lowest BCUT2D eigenvalue weighted by Gasteiger charge is -2.42. The fourth-order valence-electron chi connectivity index (χ4n) is 2.20. The molecular formula is C11H19NO7. The Labute approximate surface area is 109 Å². The van der Waals surface area contributed by atoms with Gasteiger partial charge in [-0.15, -0.1) is 0 Å². The Hall–Kier alpha value is -1.22. The summed E-state index contributed by atoms with van der Waals surface area (Å²) in [4.78, 5) is 21.7. The van der Waals surface area contributed by atoms with Crippen LogP contribution in [-0.4, -0.2) is 73.9 Å². The highest BCUT2D eigenvalue weighted by atomic mass is 16.4. The summed E-state index contributed by atoms with van der Waals surface area (Å²) >= 11 is 0. The van der Waals surface area contributed by atoms with Crippen molar-refractivity contribution in [2.24, 2.45) is 5.92 Å². The molecule has 110 valence electrons. The van der Waals surface area contributed by atoms with Crippen molar-refractivity contribution in [1.29, 1.82) is 0 Å². The standard InChI is InChI=1S/C7H13NO.C4H6O6/c9-7-5-6-1-3-8(7)4-2-6;5-1(3(7)8)2(6)4(9)10/h6-7,9H,1-5H2;1-2,5-6H,(H,7,8)(H,9,10). The van der Waals surface area contributed by atoms with Gasteiger partial charge in [0.2, 0.25) is 0 Å². The van der Waals surface area contributed by atoms with Gasteiger partial charge < -0.3 is 25.5 Å². The van der Waals surface area contributed by atoms with Gasteiger partial charge in [0.25, 0.3) is 0 Å². The largest absolute Gasteiger partial charge is 0.479 e. The summed E-state index contributed by atoms with van der Waals surface area (Å²) in [5, 5.41) is 41.9. The topological polar surface area (TPSA) is 139 Å². The van der Waals surface area contributed by atoms with Gasteiger partial charge in [0.1, 0.15) is 6.23 Å². The number of hydrogen-bond acceptors (Lipinski definition) is 6. The van der Waals surface area contributed by atoms with Crippen LogP contribution in [0.3, 0.4) is 0 Å². The predicted molar refractivity (Wildman–Crippen MR) is 62.2 cm³/mol. The molecule has 3 aliphatic heterocycles. The number of aliphatic carboxylic acids is 2. The summed E-state index contributed by atoms with van der Waals surface area (Å²) < 4.78 is 0. The summed E-state index contributed by atoms with van der Waals surface area (Å²) in [6, 6.07) is 0. The highest BCUT2D eigenvalue weighted by molar-refractivity contribution is 5.83. The molecule has 0 radical (unpaired) electrons. The fraction of sp³-hybridized carbons (Fsp3) is 0.818. The molecule has 3 aliphatic rings. The van der Waals surface area contributed by atoms with Crippen molar-refractivity contribution in [3.8, 4) is 0 Å². The molecule has 0 saturated carbocycles. The Morgan fingerprint density at radius 3 is 1.58 bits per heavy atom. The monoisotopic (exact) mass is 277 g/mol. The molecule has 3 heterocycles. The summed E-state index contributed by atoms with van der Waals surface area (Å²) in [6.45, 7) is 2.26. The van der Waals surface area contributed by atoms with Crippen molar-refractivity contribution < 1.29 is 35.1 Å². The van der Waals surface area contributed by atoms with Crippen LogP contribution in [0.5, 0.6) is 0 Å². The minimum atomic E-state index is -2.27. The third kappa shape index (κ3) is 4.43. The van der Waals surface area contributed by atoms with E-state index in [1.54, 1.807) is 0 Å². The SMILES string of the molecule is O=C(O)C(O)C(O)C(=O)O.OC1CC2CCN1CC2. The number of carboxylic acid groups (broad SMARTS) is 2. The lowest BCUT2D eigenvalue weighted by atomic mass is 9.87. The van der Waals surface area contributed by atoms with Crippen molar-refractivity contribution in [2.75, 3.05) is 13.1 Å². The average molecular weight is 277 g/mol. The molecule has 2 bridgehead atoms. The van der Waals surface area contributed by atoms with E-state index in [9.17, 15) is 14.7 Å². The average Bonchev–Trinajstić information content (AvgIpc) is 2.38. The van der Waals surface area contributed by atoms with Crippen LogP contribution in [0.15, 0.2) is 0 Å². The van der Waals surface area contributed by atoms with Crippen LogP contribution in [0.1, 0.15) is 19.3 Å². The molecule has 19 heavy (non-hydrogen) atoms. The maximum atomic E-state index is 9.77. The zero-order valence-corrected chi connectivity index (χ0v) is 10.3. The van der Waals surface area contributed by atoms with Gasteiger partial charge in [-0.05, 0) is 25.2 Å². The van der Waals surface area contributed by atoms with Gasteiger partial charge >= 0.3 is 11.9 Å². The first-order chi connectivity index (χ1) is 8.82. The number of nitrogens with zero attached hydrogens (tertiary/aromatic N) is 1. The molecule has 3 saturated heterocycles. The van der Waals surface area contributed by atoms with Crippen LogP contribution < -0.4 is 0 Å². The molecule has 0 aromatic heterocycles. The van der Waals surface area contributed by atoms with Gasteiger partial charge in [-0.2, -0.15) is 0 Å². The second-order valence-corrected chi connectivity index (χ2v) is 4.76. The smallest absolute Gasteiger partial charge is 0.335 e. The lowest BCUT2D eigenvalue weighted by molar-refractivity contribution is -0.165. The van der Waals surface area contributed by atoms with Crippen molar-refractivity contribution in [2.45, 2.75) is 37.7 Å². The Morgan fingerprint density at radius 2 is 1.42 bits per heavy atom. The van der Waals surface area contributed by atoms with Crippen LogP contribution in [0.25, 0.3) is 0 Å². The van der Waals surface area contributed by atoms with Gasteiger partial charge in [-0.3, -0.25) is 4.90 Å². The first kappa shape index (κ1) is 15.8. The van der Waals surface area contributed by atoms with Gasteiger partial charge in [0, 0.05) is 13.1 Å². The number of carbonyl (C=O) groups is 2. The number of piperidine rings is 3. The molecule has 3 unspecified atom stereocenters. The van der Waals surface area contributed by atoms with E-state index in [0.29, 0.717) is 0 Å². The molecule has 0 aromatic rings. The number of aliphatic hydroxyl groups is 3. The van der Waals surface area contributed by atoms with Crippen LogP contribution in [0.4, 0.5) is 0 Å². The fourth-order valence-corrected chi connectivity index (χ4v) is 2.20. The Bertz CT molecular complexity index is 309. The van der Waals surface area contributed by atoms with Crippen LogP contribution in [0, 0.1) is 5.92 Å². The van der Waals surface area contributed by atoms with Crippen molar-refractivity contribution in [1.82, 2.24) is 4.90 Å². The van der Waals surface area contributed by atoms with E-state index in [-0.39, 0.29) is 6.23 Å². The highest BCUT2D eigenvalue weighted by Crippen LogP contribution is 2.30. The van der Waals surface area contributed by atoms with E-state index in [0.717, 1.165) is 25.4 Å². The normalized spacial score (nSPS) is 31.8. The minimum Gasteiger partial charge on any atom is -0.479 e. The quantitative estimate of drug-likeness (QED) is 0.411. The molecule has 3 fully saturated rings. The Kier molecular flexibility index (Phi) is 5.67. The first-order valence-corrected chi connectivity index (χ1v) is 6.06. The minimum absolute atomic E-state index is 0.0995. The number of rotatable bonds is 3. The second-order valence-electron chi connectivity index (χ2n) is 4.76. The second kappa shape index (κ2) is 6.80. The Morgan fingerprint density at radius 1 is 1.00 bits per heavy atom. The van der Waals surface area contributed by atoms with E-state index in [1.807, 2.05) is 0 Å². The summed E-state index contributed by atoms with van der Waals surface area (Å²) in [5.41, 5.74) is 0. The third-order valence-electron chi connectivity index (χ3n) is 3.42. The molecule has 0 spiro atoms. The zero-order valence-electron chi connectivity index (χ0n) is 10.3. The van der Waals surface area contributed by atoms with Crippen LogP contribution in [-0.2, 0) is 9.59 Å². The predicted octanol–water partition coefficient (Wildman–Crippen LogP) is -1.70. The first-order valence-electron chi connectivity index (χ1n) is 6.06. The maximum absolute atomic E-state index is 9.77. The van der Waals surface area contributed by atoms with Crippen molar-refractivity contribution in [3.63, 3.8) is 0 Å². The zero-order chi connectivity index (χ0) is 14.6. The van der Waals surface area contributed by atoms with Gasteiger partial charge in [-0.1, -0.05) is 0 Å². The van der Waals surface area contributed by atoms with Gasteiger partial charge in [0.05, 0.1) is 0 Å².